The molecule has 0 aliphatic carbocycles. The molecule has 3 heterocycles. The second-order valence-electron chi connectivity index (χ2n) is 9.33. The Hall–Kier alpha value is -1.63. The fraction of sp³-hybridized carbons (Fsp3) is 0.615. The van der Waals surface area contributed by atoms with E-state index in [2.05, 4.69) is 63.6 Å². The number of benzene rings is 1. The minimum atomic E-state index is 0.452. The van der Waals surface area contributed by atoms with Crippen LogP contribution >= 0.6 is 11.8 Å². The molecule has 0 radical (unpaired) electrons. The average molecular weight is 454 g/mol. The van der Waals surface area contributed by atoms with Gasteiger partial charge in [0, 0.05) is 43.5 Å². The Kier molecular flexibility index (Phi) is 8.83. The Morgan fingerprint density at radius 1 is 1.06 bits per heavy atom. The van der Waals surface area contributed by atoms with Crippen molar-refractivity contribution in [3.05, 3.63) is 47.7 Å². The highest BCUT2D eigenvalue weighted by molar-refractivity contribution is 7.98. The molecule has 174 valence electrons. The van der Waals surface area contributed by atoms with Gasteiger partial charge in [-0.25, -0.2) is 9.97 Å². The Balaban J connectivity index is 1.33. The summed E-state index contributed by atoms with van der Waals surface area (Å²) in [4.78, 5) is 14.8. The fourth-order valence-electron chi connectivity index (χ4n) is 5.02. The van der Waals surface area contributed by atoms with E-state index in [9.17, 15) is 0 Å². The highest BCUT2D eigenvalue weighted by Crippen LogP contribution is 2.27. The molecule has 2 aliphatic rings. The van der Waals surface area contributed by atoms with Crippen molar-refractivity contribution in [1.29, 1.82) is 0 Å². The topological polar surface area (TPSA) is 44.3 Å². The second-order valence-corrected chi connectivity index (χ2v) is 10.1. The molecule has 32 heavy (non-hydrogen) atoms. The Morgan fingerprint density at radius 3 is 2.53 bits per heavy atom. The fourth-order valence-corrected chi connectivity index (χ4v) is 5.36. The number of aryl methyl sites for hydroxylation is 1. The van der Waals surface area contributed by atoms with Crippen LogP contribution in [0.5, 0.6) is 0 Å². The van der Waals surface area contributed by atoms with Crippen molar-refractivity contribution in [2.24, 2.45) is 0 Å². The third-order valence-electron chi connectivity index (χ3n) is 7.02. The quantitative estimate of drug-likeness (QED) is 0.436. The first-order valence-electron chi connectivity index (χ1n) is 12.4. The molecule has 1 unspecified atom stereocenters. The van der Waals surface area contributed by atoms with Crippen molar-refractivity contribution in [1.82, 2.24) is 20.2 Å². The highest BCUT2D eigenvalue weighted by atomic mass is 32.2. The maximum absolute atomic E-state index is 4.95. The van der Waals surface area contributed by atoms with E-state index in [1.807, 2.05) is 6.20 Å². The van der Waals surface area contributed by atoms with Gasteiger partial charge in [-0.2, -0.15) is 0 Å². The number of anilines is 1. The van der Waals surface area contributed by atoms with Crippen LogP contribution in [0, 0.1) is 0 Å². The Morgan fingerprint density at radius 2 is 1.81 bits per heavy atom. The predicted octanol–water partition coefficient (Wildman–Crippen LogP) is 4.76. The van der Waals surface area contributed by atoms with E-state index in [1.165, 1.54) is 56.3 Å². The van der Waals surface area contributed by atoms with Crippen LogP contribution < -0.4 is 10.2 Å². The van der Waals surface area contributed by atoms with Crippen molar-refractivity contribution < 1.29 is 0 Å². The average Bonchev–Trinajstić information content (AvgIpc) is 2.87. The summed E-state index contributed by atoms with van der Waals surface area (Å²) < 4.78 is 0. The summed E-state index contributed by atoms with van der Waals surface area (Å²) in [6.45, 7) is 7.90. The van der Waals surface area contributed by atoms with Crippen molar-refractivity contribution in [3.8, 4) is 0 Å². The molecule has 1 aromatic heterocycles. The number of nitrogens with one attached hydrogen (secondary N) is 1. The number of thioether (sulfide) groups is 1. The van der Waals surface area contributed by atoms with Crippen molar-refractivity contribution >= 4 is 17.6 Å². The van der Waals surface area contributed by atoms with Crippen molar-refractivity contribution in [2.45, 2.75) is 75.7 Å². The zero-order chi connectivity index (χ0) is 22.2. The minimum absolute atomic E-state index is 0.452. The minimum Gasteiger partial charge on any atom is -0.356 e. The van der Waals surface area contributed by atoms with Gasteiger partial charge in [0.2, 0.25) is 0 Å². The molecular weight excluding hydrogens is 414 g/mol. The van der Waals surface area contributed by atoms with Crippen LogP contribution in [0.4, 0.5) is 5.82 Å². The number of likely N-dealkylation sites (tertiary alicyclic amines) is 1. The van der Waals surface area contributed by atoms with Gasteiger partial charge in [-0.15, -0.1) is 0 Å². The lowest BCUT2D eigenvalue weighted by molar-refractivity contribution is 0.141. The standard InChI is InChI=1S/C26H39N5S/c1-21(11-12-22-9-5-3-6-10-22)27-19-23-20-28-26(32-2)29-25(23)31-17-13-24(14-18-31)30-15-7-4-8-16-30/h3,5-6,9-10,20-21,24,27H,4,7-8,11-19H2,1-2H3. The molecule has 1 aromatic carbocycles. The van der Waals surface area contributed by atoms with Crippen LogP contribution in [-0.2, 0) is 13.0 Å². The van der Waals surface area contributed by atoms with E-state index in [0.29, 0.717) is 6.04 Å². The molecular formula is C26H39N5S. The van der Waals surface area contributed by atoms with Crippen LogP contribution in [0.3, 0.4) is 0 Å². The summed E-state index contributed by atoms with van der Waals surface area (Å²) >= 11 is 1.63. The van der Waals surface area contributed by atoms with E-state index in [-0.39, 0.29) is 0 Å². The smallest absolute Gasteiger partial charge is 0.189 e. The van der Waals surface area contributed by atoms with E-state index in [0.717, 1.165) is 49.5 Å². The largest absolute Gasteiger partial charge is 0.356 e. The second kappa shape index (κ2) is 12.0. The summed E-state index contributed by atoms with van der Waals surface area (Å²) in [5, 5.41) is 4.60. The van der Waals surface area contributed by atoms with E-state index in [1.54, 1.807) is 11.8 Å². The first-order chi connectivity index (χ1) is 15.7. The van der Waals surface area contributed by atoms with Gasteiger partial charge >= 0.3 is 0 Å². The molecule has 1 N–H and O–H groups in total. The third-order valence-corrected chi connectivity index (χ3v) is 7.58. The lowest BCUT2D eigenvalue weighted by Crippen LogP contribution is -2.47. The molecule has 2 aliphatic heterocycles. The Bertz CT molecular complexity index is 816. The molecule has 0 spiro atoms. The van der Waals surface area contributed by atoms with Gasteiger partial charge in [-0.1, -0.05) is 48.5 Å². The number of hydrogen-bond acceptors (Lipinski definition) is 6. The van der Waals surface area contributed by atoms with Crippen molar-refractivity contribution in [3.63, 3.8) is 0 Å². The van der Waals surface area contributed by atoms with Crippen LogP contribution in [0.15, 0.2) is 41.7 Å². The monoisotopic (exact) mass is 453 g/mol. The first-order valence-corrected chi connectivity index (χ1v) is 13.6. The molecule has 2 aromatic rings. The van der Waals surface area contributed by atoms with Gasteiger partial charge in [0.05, 0.1) is 0 Å². The molecule has 6 heteroatoms. The Labute approximate surface area is 198 Å². The zero-order valence-electron chi connectivity index (χ0n) is 19.8. The van der Waals surface area contributed by atoms with E-state index >= 15 is 0 Å². The highest BCUT2D eigenvalue weighted by Gasteiger charge is 2.27. The summed E-state index contributed by atoms with van der Waals surface area (Å²) in [7, 11) is 0. The van der Waals surface area contributed by atoms with Gasteiger partial charge in [0.15, 0.2) is 5.16 Å². The number of nitrogens with zero attached hydrogens (tertiary/aromatic N) is 4. The third kappa shape index (κ3) is 6.46. The van der Waals surface area contributed by atoms with Crippen LogP contribution in [-0.4, -0.2) is 59.4 Å². The molecule has 2 fully saturated rings. The summed E-state index contributed by atoms with van der Waals surface area (Å²) in [6, 6.07) is 12.0. The van der Waals surface area contributed by atoms with Gasteiger partial charge < -0.3 is 15.1 Å². The molecule has 4 rings (SSSR count). The predicted molar refractivity (Wildman–Crippen MR) is 136 cm³/mol. The van der Waals surface area contributed by atoms with Gasteiger partial charge in [-0.05, 0) is 70.4 Å². The lowest BCUT2D eigenvalue weighted by atomic mass is 9.99. The number of rotatable bonds is 9. The molecule has 1 atom stereocenters. The van der Waals surface area contributed by atoms with Gasteiger partial charge in [0.25, 0.3) is 0 Å². The van der Waals surface area contributed by atoms with Crippen LogP contribution in [0.2, 0.25) is 0 Å². The molecule has 5 nitrogen and oxygen atoms in total. The maximum Gasteiger partial charge on any atom is 0.189 e. The number of piperidine rings is 2. The zero-order valence-corrected chi connectivity index (χ0v) is 20.6. The maximum atomic E-state index is 4.95. The summed E-state index contributed by atoms with van der Waals surface area (Å²) in [6.07, 6.45) is 13.0. The molecule has 0 saturated carbocycles. The van der Waals surface area contributed by atoms with Crippen molar-refractivity contribution in [2.75, 3.05) is 37.3 Å². The first kappa shape index (κ1) is 23.5. The van der Waals surface area contributed by atoms with Crippen LogP contribution in [0.25, 0.3) is 0 Å². The number of aromatic nitrogens is 2. The SMILES string of the molecule is CSc1ncc(CNC(C)CCc2ccccc2)c(N2CCC(N3CCCCC3)CC2)n1. The van der Waals surface area contributed by atoms with Crippen LogP contribution in [0.1, 0.15) is 56.6 Å². The van der Waals surface area contributed by atoms with Gasteiger partial charge in [-0.3, -0.25) is 0 Å². The summed E-state index contributed by atoms with van der Waals surface area (Å²) in [5.41, 5.74) is 2.64. The normalized spacial score (nSPS) is 19.2. The molecule has 0 amide bonds. The number of hydrogen-bond donors (Lipinski definition) is 1. The van der Waals surface area contributed by atoms with Gasteiger partial charge in [0.1, 0.15) is 5.82 Å². The lowest BCUT2D eigenvalue weighted by Gasteiger charge is -2.41. The van der Waals surface area contributed by atoms with E-state index in [4.69, 9.17) is 4.98 Å². The molecule has 0 bridgehead atoms. The summed E-state index contributed by atoms with van der Waals surface area (Å²) in [5.74, 6) is 1.14. The van der Waals surface area contributed by atoms with E-state index < -0.39 is 0 Å². The molecule has 2 saturated heterocycles.